The predicted molar refractivity (Wildman–Crippen MR) is 75.9 cm³/mol. The first-order valence-electron chi connectivity index (χ1n) is 6.50. The molecule has 1 atom stereocenters. The number of nitrogens with zero attached hydrogens (tertiary/aromatic N) is 1. The smallest absolute Gasteiger partial charge is 0.0399 e. The molecule has 2 heteroatoms. The van der Waals surface area contributed by atoms with E-state index in [-0.39, 0.29) is 5.41 Å². The van der Waals surface area contributed by atoms with E-state index in [1.165, 1.54) is 24.1 Å². The minimum atomic E-state index is 0.272. The first kappa shape index (κ1) is 14.0. The van der Waals surface area contributed by atoms with E-state index in [0.29, 0.717) is 0 Å². The van der Waals surface area contributed by atoms with Crippen LogP contribution in [0.4, 0.5) is 0 Å². The molecule has 0 spiro atoms. The number of likely N-dealkylation sites (N-methyl/N-ethyl adjacent to an activating group) is 1. The van der Waals surface area contributed by atoms with Crippen LogP contribution in [-0.2, 0) is 0 Å². The van der Waals surface area contributed by atoms with E-state index >= 15 is 0 Å². The zero-order valence-electron chi connectivity index (χ0n) is 11.7. The molecule has 0 amide bonds. The summed E-state index contributed by atoms with van der Waals surface area (Å²) in [6, 6.07) is 0. The summed E-state index contributed by atoms with van der Waals surface area (Å²) in [7, 11) is 4.20. The molecule has 0 bridgehead atoms. The summed E-state index contributed by atoms with van der Waals surface area (Å²) >= 11 is 0. The van der Waals surface area contributed by atoms with Gasteiger partial charge in [0.1, 0.15) is 0 Å². The fraction of sp³-hybridized carbons (Fsp3) is 0.600. The van der Waals surface area contributed by atoms with Crippen molar-refractivity contribution in [1.29, 1.82) is 0 Å². The van der Waals surface area contributed by atoms with Gasteiger partial charge in [-0.3, -0.25) is 0 Å². The van der Waals surface area contributed by atoms with Crippen LogP contribution < -0.4 is 5.32 Å². The molecule has 0 saturated carbocycles. The van der Waals surface area contributed by atoms with Gasteiger partial charge in [0.05, 0.1) is 0 Å². The molecule has 0 aromatic rings. The van der Waals surface area contributed by atoms with Gasteiger partial charge in [-0.05, 0) is 45.0 Å². The van der Waals surface area contributed by atoms with Gasteiger partial charge in [-0.25, -0.2) is 0 Å². The summed E-state index contributed by atoms with van der Waals surface area (Å²) in [4.78, 5) is 2.36. The van der Waals surface area contributed by atoms with E-state index in [4.69, 9.17) is 0 Å². The van der Waals surface area contributed by atoms with Crippen molar-refractivity contribution in [1.82, 2.24) is 10.2 Å². The second-order valence-corrected chi connectivity index (χ2v) is 4.85. The SMILES string of the molecule is C=CC1=C(/C=C\C)N(C)CC1(CC)CCNC. The summed E-state index contributed by atoms with van der Waals surface area (Å²) in [5.74, 6) is 0. The van der Waals surface area contributed by atoms with Gasteiger partial charge in [0.2, 0.25) is 0 Å². The molecular formula is C15H26N2. The van der Waals surface area contributed by atoms with Crippen molar-refractivity contribution in [3.05, 3.63) is 36.1 Å². The van der Waals surface area contributed by atoms with E-state index < -0.39 is 0 Å². The Morgan fingerprint density at radius 3 is 2.71 bits per heavy atom. The van der Waals surface area contributed by atoms with Crippen LogP contribution in [0, 0.1) is 5.41 Å². The molecule has 96 valence electrons. The number of allylic oxidation sites excluding steroid dienone is 3. The zero-order chi connectivity index (χ0) is 12.9. The summed E-state index contributed by atoms with van der Waals surface area (Å²) in [6.07, 6.45) is 8.71. The third-order valence-electron chi connectivity index (χ3n) is 3.86. The van der Waals surface area contributed by atoms with E-state index in [9.17, 15) is 0 Å². The molecule has 1 rings (SSSR count). The molecule has 0 radical (unpaired) electrons. The third kappa shape index (κ3) is 2.63. The Labute approximate surface area is 106 Å². The monoisotopic (exact) mass is 234 g/mol. The molecule has 1 unspecified atom stereocenters. The normalized spacial score (nSPS) is 25.1. The first-order chi connectivity index (χ1) is 8.15. The Balaban J connectivity index is 3.11. The number of nitrogens with one attached hydrogen (secondary N) is 1. The van der Waals surface area contributed by atoms with Gasteiger partial charge in [0, 0.05) is 24.7 Å². The van der Waals surface area contributed by atoms with E-state index in [1.807, 2.05) is 7.05 Å². The van der Waals surface area contributed by atoms with Crippen LogP contribution in [0.3, 0.4) is 0 Å². The average Bonchev–Trinajstić information content (AvgIpc) is 2.60. The molecule has 0 fully saturated rings. The van der Waals surface area contributed by atoms with Gasteiger partial charge < -0.3 is 10.2 Å². The van der Waals surface area contributed by atoms with Gasteiger partial charge >= 0.3 is 0 Å². The van der Waals surface area contributed by atoms with Crippen molar-refractivity contribution in [2.45, 2.75) is 26.7 Å². The van der Waals surface area contributed by atoms with Crippen LogP contribution >= 0.6 is 0 Å². The lowest BCUT2D eigenvalue weighted by atomic mass is 9.76. The minimum absolute atomic E-state index is 0.272. The summed E-state index contributed by atoms with van der Waals surface area (Å²) in [5.41, 5.74) is 3.02. The standard InChI is InChI=1S/C15H26N2/c1-6-9-14-13(7-2)15(8-3,10-11-16-4)12-17(14)5/h6-7,9,16H,2,8,10-12H2,1,3-5H3/b9-6-. The maximum atomic E-state index is 4.02. The maximum Gasteiger partial charge on any atom is 0.0399 e. The fourth-order valence-electron chi connectivity index (χ4n) is 2.85. The van der Waals surface area contributed by atoms with Crippen LogP contribution in [0.2, 0.25) is 0 Å². The van der Waals surface area contributed by atoms with Crippen molar-refractivity contribution in [2.24, 2.45) is 5.41 Å². The van der Waals surface area contributed by atoms with Crippen molar-refractivity contribution in [2.75, 3.05) is 27.2 Å². The first-order valence-corrected chi connectivity index (χ1v) is 6.50. The lowest BCUT2D eigenvalue weighted by molar-refractivity contribution is 0.269. The largest absolute Gasteiger partial charge is 0.373 e. The fourth-order valence-corrected chi connectivity index (χ4v) is 2.85. The van der Waals surface area contributed by atoms with Gasteiger partial charge in [-0.1, -0.05) is 25.7 Å². The van der Waals surface area contributed by atoms with Gasteiger partial charge in [0.15, 0.2) is 0 Å². The molecule has 0 aromatic heterocycles. The quantitative estimate of drug-likeness (QED) is 0.760. The van der Waals surface area contributed by atoms with Gasteiger partial charge in [-0.15, -0.1) is 0 Å². The number of hydrogen-bond acceptors (Lipinski definition) is 2. The molecule has 0 saturated heterocycles. The highest BCUT2D eigenvalue weighted by atomic mass is 15.1. The van der Waals surface area contributed by atoms with E-state index in [1.54, 1.807) is 0 Å². The average molecular weight is 234 g/mol. The number of rotatable bonds is 6. The van der Waals surface area contributed by atoms with E-state index in [0.717, 1.165) is 13.1 Å². The Morgan fingerprint density at radius 1 is 1.53 bits per heavy atom. The lowest BCUT2D eigenvalue weighted by Crippen LogP contribution is -2.31. The molecular weight excluding hydrogens is 208 g/mol. The predicted octanol–water partition coefficient (Wildman–Crippen LogP) is 2.95. The maximum absolute atomic E-state index is 4.02. The Kier molecular flexibility index (Phi) is 5.01. The molecule has 1 heterocycles. The van der Waals surface area contributed by atoms with Crippen molar-refractivity contribution < 1.29 is 0 Å². The molecule has 0 aromatic carbocycles. The van der Waals surface area contributed by atoms with Crippen LogP contribution in [-0.4, -0.2) is 32.1 Å². The van der Waals surface area contributed by atoms with Gasteiger partial charge in [0.25, 0.3) is 0 Å². The Bertz CT molecular complexity index is 328. The molecule has 1 aliphatic rings. The van der Waals surface area contributed by atoms with Crippen molar-refractivity contribution in [3.63, 3.8) is 0 Å². The summed E-state index contributed by atoms with van der Waals surface area (Å²) in [5, 5.41) is 3.27. The molecule has 2 nitrogen and oxygen atoms in total. The highest BCUT2D eigenvalue weighted by molar-refractivity contribution is 5.41. The Hall–Kier alpha value is -1.02. The topological polar surface area (TPSA) is 15.3 Å². The van der Waals surface area contributed by atoms with Crippen molar-refractivity contribution >= 4 is 0 Å². The van der Waals surface area contributed by atoms with Crippen LogP contribution in [0.25, 0.3) is 0 Å². The molecule has 17 heavy (non-hydrogen) atoms. The molecule has 0 aliphatic carbocycles. The minimum Gasteiger partial charge on any atom is -0.373 e. The van der Waals surface area contributed by atoms with Crippen LogP contribution in [0.5, 0.6) is 0 Å². The third-order valence-corrected chi connectivity index (χ3v) is 3.86. The summed E-state index contributed by atoms with van der Waals surface area (Å²) < 4.78 is 0. The molecule has 1 N–H and O–H groups in total. The molecule has 1 aliphatic heterocycles. The lowest BCUT2D eigenvalue weighted by Gasteiger charge is -2.30. The highest BCUT2D eigenvalue weighted by Crippen LogP contribution is 2.44. The van der Waals surface area contributed by atoms with Gasteiger partial charge in [-0.2, -0.15) is 0 Å². The van der Waals surface area contributed by atoms with Crippen LogP contribution in [0.15, 0.2) is 36.1 Å². The number of hydrogen-bond donors (Lipinski definition) is 1. The Morgan fingerprint density at radius 2 is 2.24 bits per heavy atom. The second kappa shape index (κ2) is 6.06. The second-order valence-electron chi connectivity index (χ2n) is 4.85. The summed E-state index contributed by atoms with van der Waals surface area (Å²) in [6.45, 7) is 10.5. The van der Waals surface area contributed by atoms with Crippen LogP contribution in [0.1, 0.15) is 26.7 Å². The van der Waals surface area contributed by atoms with Crippen molar-refractivity contribution in [3.8, 4) is 0 Å². The highest BCUT2D eigenvalue weighted by Gasteiger charge is 2.39. The zero-order valence-corrected chi connectivity index (χ0v) is 11.7. The van der Waals surface area contributed by atoms with E-state index in [2.05, 4.69) is 55.9 Å².